The first-order chi connectivity index (χ1) is 13.6. The highest BCUT2D eigenvalue weighted by molar-refractivity contribution is 7.14. The van der Waals surface area contributed by atoms with Gasteiger partial charge in [-0.15, -0.1) is 11.3 Å². The molecule has 0 radical (unpaired) electrons. The number of likely N-dealkylation sites (tertiary alicyclic amines) is 1. The van der Waals surface area contributed by atoms with Crippen LogP contribution in [0.3, 0.4) is 0 Å². The first kappa shape index (κ1) is 19.1. The second kappa shape index (κ2) is 8.43. The molecule has 28 heavy (non-hydrogen) atoms. The van der Waals surface area contributed by atoms with Crippen LogP contribution in [-0.2, 0) is 24.2 Å². The molecular formula is C22H27N3O2S. The van der Waals surface area contributed by atoms with E-state index in [0.717, 1.165) is 55.6 Å². The lowest BCUT2D eigenvalue weighted by atomic mass is 9.87. The summed E-state index contributed by atoms with van der Waals surface area (Å²) in [5.74, 6) is 0.978. The second-order valence-corrected chi connectivity index (χ2v) is 9.18. The summed E-state index contributed by atoms with van der Waals surface area (Å²) in [7, 11) is 0. The summed E-state index contributed by atoms with van der Waals surface area (Å²) in [6.07, 6.45) is 8.14. The standard InChI is InChI=1S/C22H27N3O2S/c1-15-6-10-25(11-7-15)22(27)20-13-18-12-17(2-3-19(18)28-20)21(26)24-14-16-4-8-23-9-5-16/h4-5,8-9,13,15,17H,2-3,6-7,10-12,14H2,1H3,(H,24,26). The van der Waals surface area contributed by atoms with Gasteiger partial charge in [0.15, 0.2) is 0 Å². The Labute approximate surface area is 170 Å². The molecule has 2 aromatic heterocycles. The van der Waals surface area contributed by atoms with Crippen molar-refractivity contribution in [2.45, 2.75) is 45.6 Å². The summed E-state index contributed by atoms with van der Waals surface area (Å²) in [5.41, 5.74) is 2.24. The van der Waals surface area contributed by atoms with Gasteiger partial charge in [0, 0.05) is 42.8 Å². The van der Waals surface area contributed by atoms with Crippen molar-refractivity contribution in [2.24, 2.45) is 11.8 Å². The van der Waals surface area contributed by atoms with E-state index in [0.29, 0.717) is 12.5 Å². The number of nitrogens with zero attached hydrogens (tertiary/aromatic N) is 2. The Bertz CT molecular complexity index is 841. The van der Waals surface area contributed by atoms with Crippen molar-refractivity contribution in [3.63, 3.8) is 0 Å². The number of hydrogen-bond acceptors (Lipinski definition) is 4. The van der Waals surface area contributed by atoms with E-state index < -0.39 is 0 Å². The fourth-order valence-electron chi connectivity index (χ4n) is 4.05. The topological polar surface area (TPSA) is 62.3 Å². The zero-order valence-corrected chi connectivity index (χ0v) is 17.1. The lowest BCUT2D eigenvalue weighted by molar-refractivity contribution is -0.125. The lowest BCUT2D eigenvalue weighted by Crippen LogP contribution is -2.37. The van der Waals surface area contributed by atoms with Crippen LogP contribution in [-0.4, -0.2) is 34.8 Å². The van der Waals surface area contributed by atoms with Gasteiger partial charge in [-0.1, -0.05) is 6.92 Å². The van der Waals surface area contributed by atoms with Gasteiger partial charge in [0.05, 0.1) is 4.88 Å². The molecule has 148 valence electrons. The molecule has 5 nitrogen and oxygen atoms in total. The normalized spacial score (nSPS) is 19.9. The zero-order valence-electron chi connectivity index (χ0n) is 16.3. The Balaban J connectivity index is 1.36. The maximum absolute atomic E-state index is 12.9. The average molecular weight is 398 g/mol. The molecule has 0 bridgehead atoms. The predicted octanol–water partition coefficient (Wildman–Crippen LogP) is 3.44. The summed E-state index contributed by atoms with van der Waals surface area (Å²) < 4.78 is 0. The van der Waals surface area contributed by atoms with Crippen molar-refractivity contribution in [3.8, 4) is 0 Å². The van der Waals surface area contributed by atoms with Crippen molar-refractivity contribution in [2.75, 3.05) is 13.1 Å². The first-order valence-electron chi connectivity index (χ1n) is 10.2. The van der Waals surface area contributed by atoms with Crippen LogP contribution in [0.15, 0.2) is 30.6 Å². The molecule has 2 aromatic rings. The molecule has 1 aliphatic heterocycles. The molecule has 6 heteroatoms. The van der Waals surface area contributed by atoms with Gasteiger partial charge in [0.25, 0.3) is 5.91 Å². The van der Waals surface area contributed by atoms with E-state index in [1.54, 1.807) is 23.7 Å². The van der Waals surface area contributed by atoms with E-state index in [1.165, 1.54) is 10.4 Å². The molecule has 1 aliphatic carbocycles. The van der Waals surface area contributed by atoms with Gasteiger partial charge in [-0.3, -0.25) is 14.6 Å². The Morgan fingerprint density at radius 3 is 2.71 bits per heavy atom. The monoisotopic (exact) mass is 397 g/mol. The molecule has 0 spiro atoms. The Kier molecular flexibility index (Phi) is 5.76. The molecule has 1 atom stereocenters. The van der Waals surface area contributed by atoms with E-state index in [-0.39, 0.29) is 17.7 Å². The van der Waals surface area contributed by atoms with Crippen LogP contribution in [0.4, 0.5) is 0 Å². The molecule has 0 aromatic carbocycles. The number of hydrogen-bond donors (Lipinski definition) is 1. The molecule has 2 amide bonds. The number of carbonyl (C=O) groups excluding carboxylic acids is 2. The van der Waals surface area contributed by atoms with Gasteiger partial charge >= 0.3 is 0 Å². The van der Waals surface area contributed by atoms with Gasteiger partial charge in [-0.2, -0.15) is 0 Å². The smallest absolute Gasteiger partial charge is 0.263 e. The third-order valence-electron chi connectivity index (χ3n) is 5.95. The minimum atomic E-state index is -0.0114. The predicted molar refractivity (Wildman–Crippen MR) is 110 cm³/mol. The minimum Gasteiger partial charge on any atom is -0.352 e. The number of pyridine rings is 1. The van der Waals surface area contributed by atoms with E-state index in [4.69, 9.17) is 0 Å². The van der Waals surface area contributed by atoms with Crippen LogP contribution < -0.4 is 5.32 Å². The van der Waals surface area contributed by atoms with E-state index in [1.807, 2.05) is 23.1 Å². The Morgan fingerprint density at radius 1 is 1.21 bits per heavy atom. The fraction of sp³-hybridized carbons (Fsp3) is 0.500. The van der Waals surface area contributed by atoms with E-state index in [2.05, 4.69) is 17.2 Å². The molecule has 1 N–H and O–H groups in total. The zero-order chi connectivity index (χ0) is 19.5. The van der Waals surface area contributed by atoms with Crippen LogP contribution in [0.5, 0.6) is 0 Å². The van der Waals surface area contributed by atoms with E-state index in [9.17, 15) is 9.59 Å². The highest BCUT2D eigenvalue weighted by Crippen LogP contribution is 2.33. The summed E-state index contributed by atoms with van der Waals surface area (Å²) in [5, 5.41) is 3.05. The third kappa shape index (κ3) is 4.27. The summed E-state index contributed by atoms with van der Waals surface area (Å²) >= 11 is 1.63. The number of amides is 2. The molecule has 4 rings (SSSR count). The van der Waals surface area contributed by atoms with Gasteiger partial charge in [0.2, 0.25) is 5.91 Å². The number of carbonyl (C=O) groups is 2. The summed E-state index contributed by atoms with van der Waals surface area (Å²) in [4.78, 5) is 33.6. The largest absolute Gasteiger partial charge is 0.352 e. The highest BCUT2D eigenvalue weighted by atomic mass is 32.1. The van der Waals surface area contributed by atoms with Crippen LogP contribution in [0.1, 0.15) is 51.9 Å². The lowest BCUT2D eigenvalue weighted by Gasteiger charge is -2.29. The SMILES string of the molecule is CC1CCN(C(=O)c2cc3c(s2)CCC(C(=O)NCc2ccncc2)C3)CC1. The molecule has 3 heterocycles. The Morgan fingerprint density at radius 2 is 1.96 bits per heavy atom. The third-order valence-corrected chi connectivity index (χ3v) is 7.18. The molecule has 1 saturated heterocycles. The Hall–Kier alpha value is -2.21. The molecule has 1 fully saturated rings. The highest BCUT2D eigenvalue weighted by Gasteiger charge is 2.29. The average Bonchev–Trinajstić information content (AvgIpc) is 3.16. The quantitative estimate of drug-likeness (QED) is 0.860. The number of fused-ring (bicyclic) bond motifs is 1. The number of thiophene rings is 1. The van der Waals surface area contributed by atoms with Gasteiger partial charge in [-0.25, -0.2) is 0 Å². The first-order valence-corrected chi connectivity index (χ1v) is 11.0. The van der Waals surface area contributed by atoms with Crippen molar-refractivity contribution in [3.05, 3.63) is 51.5 Å². The number of rotatable bonds is 4. The maximum Gasteiger partial charge on any atom is 0.263 e. The molecular weight excluding hydrogens is 370 g/mol. The molecule has 1 unspecified atom stereocenters. The van der Waals surface area contributed by atoms with Crippen molar-refractivity contribution >= 4 is 23.2 Å². The molecule has 0 saturated carbocycles. The van der Waals surface area contributed by atoms with E-state index >= 15 is 0 Å². The number of piperidine rings is 1. The van der Waals surface area contributed by atoms with Gasteiger partial charge < -0.3 is 10.2 Å². The summed E-state index contributed by atoms with van der Waals surface area (Å²) in [6, 6.07) is 5.87. The number of aryl methyl sites for hydroxylation is 1. The van der Waals surface area contributed by atoms with Crippen LogP contribution in [0.25, 0.3) is 0 Å². The van der Waals surface area contributed by atoms with Crippen molar-refractivity contribution in [1.82, 2.24) is 15.2 Å². The molecule has 2 aliphatic rings. The second-order valence-electron chi connectivity index (χ2n) is 8.05. The van der Waals surface area contributed by atoms with Gasteiger partial charge in [-0.05, 0) is 67.3 Å². The van der Waals surface area contributed by atoms with Crippen molar-refractivity contribution in [1.29, 1.82) is 0 Å². The van der Waals surface area contributed by atoms with Gasteiger partial charge in [0.1, 0.15) is 0 Å². The maximum atomic E-state index is 12.9. The van der Waals surface area contributed by atoms with Crippen LogP contribution in [0.2, 0.25) is 0 Å². The summed E-state index contributed by atoms with van der Waals surface area (Å²) in [6.45, 7) is 4.52. The van der Waals surface area contributed by atoms with Crippen LogP contribution >= 0.6 is 11.3 Å². The number of nitrogens with one attached hydrogen (secondary N) is 1. The van der Waals surface area contributed by atoms with Crippen LogP contribution in [0, 0.1) is 11.8 Å². The number of aromatic nitrogens is 1. The van der Waals surface area contributed by atoms with Crippen molar-refractivity contribution < 1.29 is 9.59 Å². The fourth-order valence-corrected chi connectivity index (χ4v) is 5.23. The minimum absolute atomic E-state index is 0.0114.